The standard InChI is InChI=1S/C33H48N4O4/c1-7-12-13-14-15-16-17-21(6)37-18-26(32(40)36-33(37)41)29(30-24(10-4)22(8-2)27(19-38)34-30)31-25(11-5)23(9-3)28(20-39)35-31/h18-21,29,34-35H,7-17H2,1-6H3,(H,36,40,41). The second-order valence-electron chi connectivity index (χ2n) is 11.1. The van der Waals surface area contributed by atoms with Gasteiger partial charge in [-0.3, -0.25) is 23.9 Å². The van der Waals surface area contributed by atoms with Gasteiger partial charge in [0.15, 0.2) is 12.6 Å². The highest BCUT2D eigenvalue weighted by molar-refractivity contribution is 5.78. The fraction of sp³-hybridized carbons (Fsp3) is 0.576. The molecule has 3 aromatic rings. The van der Waals surface area contributed by atoms with E-state index in [2.05, 4.69) is 21.9 Å². The van der Waals surface area contributed by atoms with E-state index in [9.17, 15) is 19.2 Å². The van der Waals surface area contributed by atoms with E-state index in [0.29, 0.717) is 42.6 Å². The molecular formula is C33H48N4O4. The second-order valence-corrected chi connectivity index (χ2v) is 11.1. The zero-order valence-electron chi connectivity index (χ0n) is 25.7. The minimum Gasteiger partial charge on any atom is -0.355 e. The van der Waals surface area contributed by atoms with Crippen molar-refractivity contribution in [3.05, 3.63) is 77.6 Å². The number of nitrogens with zero attached hydrogens (tertiary/aromatic N) is 1. The van der Waals surface area contributed by atoms with Gasteiger partial charge in [-0.05, 0) is 61.3 Å². The number of unbranched alkanes of at least 4 members (excludes halogenated alkanes) is 5. The number of H-pyrrole nitrogens is 3. The normalized spacial score (nSPS) is 12.3. The number of hydrogen-bond donors (Lipinski definition) is 3. The van der Waals surface area contributed by atoms with Crippen molar-refractivity contribution in [2.75, 3.05) is 0 Å². The molecule has 3 N–H and O–H groups in total. The van der Waals surface area contributed by atoms with Gasteiger partial charge in [-0.25, -0.2) is 4.79 Å². The maximum absolute atomic E-state index is 13.6. The van der Waals surface area contributed by atoms with Crippen LogP contribution in [0.5, 0.6) is 0 Å². The molecule has 0 bridgehead atoms. The van der Waals surface area contributed by atoms with E-state index in [1.807, 2.05) is 34.6 Å². The number of carbonyl (C=O) groups is 2. The van der Waals surface area contributed by atoms with E-state index in [0.717, 1.165) is 65.5 Å². The van der Waals surface area contributed by atoms with Crippen molar-refractivity contribution in [1.82, 2.24) is 19.5 Å². The Bertz CT molecular complexity index is 1380. The number of aromatic amines is 3. The van der Waals surface area contributed by atoms with Crippen LogP contribution in [-0.4, -0.2) is 32.1 Å². The molecular weight excluding hydrogens is 516 g/mol. The number of aldehydes is 2. The van der Waals surface area contributed by atoms with Gasteiger partial charge in [0, 0.05) is 29.2 Å². The summed E-state index contributed by atoms with van der Waals surface area (Å²) in [6.45, 7) is 12.3. The summed E-state index contributed by atoms with van der Waals surface area (Å²) < 4.78 is 1.64. The van der Waals surface area contributed by atoms with Crippen molar-refractivity contribution >= 4 is 12.6 Å². The van der Waals surface area contributed by atoms with Crippen LogP contribution in [0.2, 0.25) is 0 Å². The summed E-state index contributed by atoms with van der Waals surface area (Å²) in [4.78, 5) is 60.1. The fourth-order valence-corrected chi connectivity index (χ4v) is 6.40. The van der Waals surface area contributed by atoms with Gasteiger partial charge in [0.2, 0.25) is 0 Å². The van der Waals surface area contributed by atoms with E-state index < -0.39 is 17.2 Å². The molecule has 0 radical (unpaired) electrons. The summed E-state index contributed by atoms with van der Waals surface area (Å²) in [5, 5.41) is 0. The first-order chi connectivity index (χ1) is 19.8. The number of rotatable bonds is 17. The number of aromatic nitrogens is 4. The van der Waals surface area contributed by atoms with Gasteiger partial charge in [0.05, 0.1) is 17.3 Å². The summed E-state index contributed by atoms with van der Waals surface area (Å²) in [5.41, 5.74) is 5.86. The summed E-state index contributed by atoms with van der Waals surface area (Å²) >= 11 is 0. The van der Waals surface area contributed by atoms with Crippen LogP contribution in [0.1, 0.15) is 159 Å². The van der Waals surface area contributed by atoms with Crippen LogP contribution in [0.15, 0.2) is 15.8 Å². The first kappa shape index (κ1) is 32.1. The highest BCUT2D eigenvalue weighted by Gasteiger charge is 2.32. The molecule has 1 atom stereocenters. The number of carbonyl (C=O) groups excluding carboxylic acids is 2. The smallest absolute Gasteiger partial charge is 0.328 e. The Morgan fingerprint density at radius 3 is 1.66 bits per heavy atom. The third-order valence-corrected chi connectivity index (χ3v) is 8.55. The molecule has 8 heteroatoms. The SMILES string of the molecule is CCCCCCCCC(C)n1cc(C(c2[nH]c(C=O)c(CC)c2CC)c2[nH]c(C=O)c(CC)c2CC)c(=O)[nH]c1=O. The predicted octanol–water partition coefficient (Wildman–Crippen LogP) is 6.56. The molecule has 0 fully saturated rings. The van der Waals surface area contributed by atoms with Crippen molar-refractivity contribution in [2.24, 2.45) is 0 Å². The van der Waals surface area contributed by atoms with Crippen LogP contribution in [0.25, 0.3) is 0 Å². The molecule has 224 valence electrons. The monoisotopic (exact) mass is 564 g/mol. The van der Waals surface area contributed by atoms with Crippen LogP contribution in [0.4, 0.5) is 0 Å². The fourth-order valence-electron chi connectivity index (χ4n) is 6.40. The Balaban J connectivity index is 2.23. The predicted molar refractivity (Wildman–Crippen MR) is 165 cm³/mol. The van der Waals surface area contributed by atoms with Crippen molar-refractivity contribution in [3.8, 4) is 0 Å². The van der Waals surface area contributed by atoms with Gasteiger partial charge >= 0.3 is 5.69 Å². The molecule has 3 aromatic heterocycles. The molecule has 0 aliphatic rings. The van der Waals surface area contributed by atoms with Crippen molar-refractivity contribution in [3.63, 3.8) is 0 Å². The molecule has 1 unspecified atom stereocenters. The summed E-state index contributed by atoms with van der Waals surface area (Å²) in [6, 6.07) is -0.0954. The Hall–Kier alpha value is -3.42. The average molecular weight is 565 g/mol. The first-order valence-electron chi connectivity index (χ1n) is 15.5. The van der Waals surface area contributed by atoms with Crippen LogP contribution < -0.4 is 11.2 Å². The Labute approximate surface area is 243 Å². The van der Waals surface area contributed by atoms with E-state index in [1.165, 1.54) is 25.7 Å². The summed E-state index contributed by atoms with van der Waals surface area (Å²) in [7, 11) is 0. The largest absolute Gasteiger partial charge is 0.355 e. The van der Waals surface area contributed by atoms with E-state index in [-0.39, 0.29) is 6.04 Å². The zero-order chi connectivity index (χ0) is 30.1. The quantitative estimate of drug-likeness (QED) is 0.127. The minimum atomic E-state index is -0.616. The molecule has 0 spiro atoms. The Kier molecular flexibility index (Phi) is 11.7. The molecule has 0 aliphatic heterocycles. The van der Waals surface area contributed by atoms with Crippen LogP contribution in [0, 0.1) is 0 Å². The second kappa shape index (κ2) is 15.0. The van der Waals surface area contributed by atoms with E-state index in [4.69, 9.17) is 0 Å². The number of nitrogens with one attached hydrogen (secondary N) is 3. The third kappa shape index (κ3) is 6.74. The average Bonchev–Trinajstić information content (AvgIpc) is 3.52. The Morgan fingerprint density at radius 2 is 1.20 bits per heavy atom. The third-order valence-electron chi connectivity index (χ3n) is 8.55. The molecule has 0 aromatic carbocycles. The summed E-state index contributed by atoms with van der Waals surface area (Å²) in [5.74, 6) is -0.616. The van der Waals surface area contributed by atoms with Gasteiger partial charge in [0.25, 0.3) is 5.56 Å². The highest BCUT2D eigenvalue weighted by atomic mass is 16.2. The topological polar surface area (TPSA) is 121 Å². The lowest BCUT2D eigenvalue weighted by Crippen LogP contribution is -2.35. The molecule has 0 saturated heterocycles. The Morgan fingerprint density at radius 1 is 0.707 bits per heavy atom. The van der Waals surface area contributed by atoms with Crippen molar-refractivity contribution < 1.29 is 9.59 Å². The van der Waals surface area contributed by atoms with E-state index >= 15 is 0 Å². The number of hydrogen-bond acceptors (Lipinski definition) is 4. The lowest BCUT2D eigenvalue weighted by Gasteiger charge is -2.22. The summed E-state index contributed by atoms with van der Waals surface area (Å²) in [6.07, 6.45) is 13.8. The van der Waals surface area contributed by atoms with Gasteiger partial charge in [-0.1, -0.05) is 73.1 Å². The maximum atomic E-state index is 13.6. The molecule has 0 amide bonds. The highest BCUT2D eigenvalue weighted by Crippen LogP contribution is 2.38. The van der Waals surface area contributed by atoms with Gasteiger partial charge in [-0.2, -0.15) is 0 Å². The van der Waals surface area contributed by atoms with Crippen LogP contribution in [0.3, 0.4) is 0 Å². The van der Waals surface area contributed by atoms with E-state index in [1.54, 1.807) is 10.8 Å². The van der Waals surface area contributed by atoms with Crippen LogP contribution >= 0.6 is 0 Å². The molecule has 41 heavy (non-hydrogen) atoms. The molecule has 3 rings (SSSR count). The van der Waals surface area contributed by atoms with Gasteiger partial charge in [-0.15, -0.1) is 0 Å². The molecule has 8 nitrogen and oxygen atoms in total. The molecule has 0 saturated carbocycles. The maximum Gasteiger partial charge on any atom is 0.328 e. The van der Waals surface area contributed by atoms with Crippen molar-refractivity contribution in [2.45, 2.75) is 124 Å². The van der Waals surface area contributed by atoms with Gasteiger partial charge < -0.3 is 9.97 Å². The first-order valence-corrected chi connectivity index (χ1v) is 15.5. The van der Waals surface area contributed by atoms with Crippen molar-refractivity contribution in [1.29, 1.82) is 0 Å². The molecule has 0 aliphatic carbocycles. The molecule has 3 heterocycles. The van der Waals surface area contributed by atoms with Gasteiger partial charge in [0.1, 0.15) is 0 Å². The minimum absolute atomic E-state index is 0.0954. The lowest BCUT2D eigenvalue weighted by molar-refractivity contribution is 0.111. The zero-order valence-corrected chi connectivity index (χ0v) is 25.7. The van der Waals surface area contributed by atoms with Crippen LogP contribution in [-0.2, 0) is 25.7 Å². The lowest BCUT2D eigenvalue weighted by atomic mass is 9.86.